The summed E-state index contributed by atoms with van der Waals surface area (Å²) in [5.41, 5.74) is -1.86. The Hall–Kier alpha value is -2.85. The molecule has 3 rings (SSSR count). The number of carbonyl (C=O) groups excluding carboxylic acids is 3. The third-order valence-electron chi connectivity index (χ3n) is 6.14. The molecule has 0 radical (unpaired) electrons. The van der Waals surface area contributed by atoms with Crippen LogP contribution >= 0.6 is 0 Å². The lowest BCUT2D eigenvalue weighted by Crippen LogP contribution is -2.54. The molecule has 0 aromatic heterocycles. The van der Waals surface area contributed by atoms with Crippen molar-refractivity contribution in [2.45, 2.75) is 116 Å². The number of amides is 2. The average molecular weight is 550 g/mol. The first-order valence-corrected chi connectivity index (χ1v) is 13.6. The van der Waals surface area contributed by atoms with Gasteiger partial charge < -0.3 is 28.4 Å². The Bertz CT molecular complexity index is 935. The second-order valence-corrected chi connectivity index (χ2v) is 12.0. The predicted octanol–water partition coefficient (Wildman–Crippen LogP) is 5.26. The Morgan fingerprint density at radius 1 is 0.897 bits per heavy atom. The molecule has 1 saturated carbocycles. The van der Waals surface area contributed by atoms with Crippen LogP contribution in [-0.4, -0.2) is 77.9 Å². The molecule has 4 atom stereocenters. The zero-order valence-electron chi connectivity index (χ0n) is 24.1. The van der Waals surface area contributed by atoms with E-state index >= 15 is 0 Å². The zero-order valence-corrected chi connectivity index (χ0v) is 24.1. The molecule has 10 heteroatoms. The van der Waals surface area contributed by atoms with Gasteiger partial charge in [0.25, 0.3) is 0 Å². The zero-order chi connectivity index (χ0) is 28.8. The fourth-order valence-electron chi connectivity index (χ4n) is 4.44. The highest BCUT2D eigenvalue weighted by Crippen LogP contribution is 2.28. The van der Waals surface area contributed by atoms with Gasteiger partial charge >= 0.3 is 18.2 Å². The summed E-state index contributed by atoms with van der Waals surface area (Å²) in [4.78, 5) is 40.5. The molecule has 39 heavy (non-hydrogen) atoms. The number of para-hydroxylation sites is 1. The first-order chi connectivity index (χ1) is 18.2. The van der Waals surface area contributed by atoms with Crippen molar-refractivity contribution in [1.82, 2.24) is 4.90 Å². The van der Waals surface area contributed by atoms with Crippen LogP contribution in [0.15, 0.2) is 30.3 Å². The van der Waals surface area contributed by atoms with E-state index in [1.165, 1.54) is 0 Å². The number of hydrogen-bond donors (Lipinski definition) is 0. The van der Waals surface area contributed by atoms with Crippen LogP contribution in [0.5, 0.6) is 5.75 Å². The highest BCUT2D eigenvalue weighted by atomic mass is 16.6. The van der Waals surface area contributed by atoms with Crippen LogP contribution in [0.1, 0.15) is 74.1 Å². The molecule has 10 nitrogen and oxygen atoms in total. The van der Waals surface area contributed by atoms with Crippen molar-refractivity contribution in [3.8, 4) is 5.75 Å². The van der Waals surface area contributed by atoms with Crippen molar-refractivity contribution >= 4 is 18.2 Å². The first kappa shape index (κ1) is 30.7. The molecule has 1 aromatic rings. The van der Waals surface area contributed by atoms with Crippen LogP contribution in [0.25, 0.3) is 0 Å². The fraction of sp³-hybridized carbons (Fsp3) is 0.690. The molecule has 0 bridgehead atoms. The van der Waals surface area contributed by atoms with Gasteiger partial charge in [0.1, 0.15) is 29.2 Å². The van der Waals surface area contributed by atoms with Gasteiger partial charge in [0.05, 0.1) is 19.3 Å². The number of cyclic esters (lactones) is 1. The summed E-state index contributed by atoms with van der Waals surface area (Å²) in [5.74, 6) is -0.257. The minimum atomic E-state index is -1.44. The van der Waals surface area contributed by atoms with Crippen molar-refractivity contribution in [1.29, 1.82) is 0 Å². The van der Waals surface area contributed by atoms with Crippen LogP contribution in [-0.2, 0) is 28.5 Å². The predicted molar refractivity (Wildman–Crippen MR) is 142 cm³/mol. The highest BCUT2D eigenvalue weighted by molar-refractivity contribution is 5.94. The van der Waals surface area contributed by atoms with Crippen LogP contribution < -0.4 is 4.74 Å². The molecule has 1 aliphatic heterocycles. The maximum absolute atomic E-state index is 13.5. The van der Waals surface area contributed by atoms with Crippen molar-refractivity contribution in [2.75, 3.05) is 13.2 Å². The number of nitrogens with zero attached hydrogens (tertiary/aromatic N) is 1. The van der Waals surface area contributed by atoms with E-state index in [1.807, 2.05) is 30.3 Å². The monoisotopic (exact) mass is 549 g/mol. The maximum atomic E-state index is 13.5. The van der Waals surface area contributed by atoms with Gasteiger partial charge in [-0.1, -0.05) is 31.0 Å². The van der Waals surface area contributed by atoms with E-state index in [-0.39, 0.29) is 19.3 Å². The van der Waals surface area contributed by atoms with Crippen LogP contribution in [0, 0.1) is 0 Å². The van der Waals surface area contributed by atoms with Gasteiger partial charge in [0, 0.05) is 0 Å². The summed E-state index contributed by atoms with van der Waals surface area (Å²) >= 11 is 0. The second kappa shape index (κ2) is 13.0. The molecule has 0 spiro atoms. The molecule has 1 heterocycles. The SMILES string of the molecule is C[C@@H]1OC(=O)[C@@H](N(C(=O)OC(C)(C)C)C(=O)OC(C)(C)C)COC[C@H](OC2CCCC2)[C@H]1Oc1ccccc1. The van der Waals surface area contributed by atoms with Crippen LogP contribution in [0.2, 0.25) is 0 Å². The maximum Gasteiger partial charge on any atom is 0.420 e. The molecule has 2 amide bonds. The summed E-state index contributed by atoms with van der Waals surface area (Å²) in [6.45, 7) is 11.4. The third-order valence-corrected chi connectivity index (χ3v) is 6.14. The third kappa shape index (κ3) is 9.39. The Kier molecular flexibility index (Phi) is 10.2. The van der Waals surface area contributed by atoms with E-state index in [0.717, 1.165) is 25.7 Å². The molecule has 0 N–H and O–H groups in total. The number of ether oxygens (including phenoxy) is 6. The standard InChI is InChI=1S/C29H43NO9/c1-19-24(37-21-13-9-8-10-14-21)23(36-20-15-11-12-16-20)18-34-17-22(25(31)35-19)30(26(32)38-28(2,3)4)27(33)39-29(5,6)7/h8-10,13-14,19-20,22-24H,11-12,15-18H2,1-7H3/t19-,22-,23-,24-/m0/s1. The Morgan fingerprint density at radius 3 is 2.00 bits per heavy atom. The lowest BCUT2D eigenvalue weighted by atomic mass is 10.1. The van der Waals surface area contributed by atoms with Gasteiger partial charge in [-0.05, 0) is 73.4 Å². The first-order valence-electron chi connectivity index (χ1n) is 13.6. The van der Waals surface area contributed by atoms with Crippen molar-refractivity contribution in [3.63, 3.8) is 0 Å². The molecule has 1 aromatic carbocycles. The largest absolute Gasteiger partial charge is 0.484 e. The molecular formula is C29H43NO9. The summed E-state index contributed by atoms with van der Waals surface area (Å²) < 4.78 is 35.4. The molecule has 1 aliphatic carbocycles. The number of benzene rings is 1. The lowest BCUT2D eigenvalue weighted by molar-refractivity contribution is -0.163. The Labute approximate surface area is 231 Å². The van der Waals surface area contributed by atoms with E-state index in [4.69, 9.17) is 28.4 Å². The Balaban J connectivity index is 1.90. The van der Waals surface area contributed by atoms with Crippen molar-refractivity contribution in [3.05, 3.63) is 30.3 Å². The smallest absolute Gasteiger partial charge is 0.420 e. The van der Waals surface area contributed by atoms with E-state index in [1.54, 1.807) is 48.5 Å². The van der Waals surface area contributed by atoms with Crippen molar-refractivity contribution < 1.29 is 42.8 Å². The van der Waals surface area contributed by atoms with E-state index in [0.29, 0.717) is 10.6 Å². The van der Waals surface area contributed by atoms with Gasteiger partial charge in [-0.3, -0.25) is 0 Å². The van der Waals surface area contributed by atoms with E-state index in [9.17, 15) is 14.4 Å². The highest BCUT2D eigenvalue weighted by Gasteiger charge is 2.45. The normalized spacial score (nSPS) is 25.1. The van der Waals surface area contributed by atoms with E-state index < -0.39 is 53.7 Å². The fourth-order valence-corrected chi connectivity index (χ4v) is 4.44. The summed E-state index contributed by atoms with van der Waals surface area (Å²) in [6, 6.07) is 7.75. The van der Waals surface area contributed by atoms with Gasteiger partial charge in [-0.25, -0.2) is 14.4 Å². The van der Waals surface area contributed by atoms with Crippen LogP contribution in [0.4, 0.5) is 9.59 Å². The van der Waals surface area contributed by atoms with Gasteiger partial charge in [-0.2, -0.15) is 4.90 Å². The average Bonchev–Trinajstić information content (AvgIpc) is 3.33. The number of hydrogen-bond acceptors (Lipinski definition) is 9. The number of imide groups is 1. The summed E-state index contributed by atoms with van der Waals surface area (Å²) in [7, 11) is 0. The summed E-state index contributed by atoms with van der Waals surface area (Å²) in [5, 5.41) is 0. The van der Waals surface area contributed by atoms with Crippen molar-refractivity contribution in [2.24, 2.45) is 0 Å². The second-order valence-electron chi connectivity index (χ2n) is 12.0. The quantitative estimate of drug-likeness (QED) is 0.359. The minimum Gasteiger partial charge on any atom is -0.484 e. The lowest BCUT2D eigenvalue weighted by Gasteiger charge is -2.33. The number of rotatable bonds is 5. The van der Waals surface area contributed by atoms with Gasteiger partial charge in [0.15, 0.2) is 12.1 Å². The molecule has 2 fully saturated rings. The molecular weight excluding hydrogens is 506 g/mol. The minimum absolute atomic E-state index is 0.0416. The molecule has 0 unspecified atom stereocenters. The molecule has 2 aliphatic rings. The van der Waals surface area contributed by atoms with E-state index in [2.05, 4.69) is 0 Å². The molecule has 218 valence electrons. The molecule has 1 saturated heterocycles. The topological polar surface area (TPSA) is 110 Å². The van der Waals surface area contributed by atoms with Crippen LogP contribution in [0.3, 0.4) is 0 Å². The number of esters is 1. The Morgan fingerprint density at radius 2 is 1.46 bits per heavy atom. The van der Waals surface area contributed by atoms with Gasteiger partial charge in [0.2, 0.25) is 0 Å². The van der Waals surface area contributed by atoms with Gasteiger partial charge in [-0.15, -0.1) is 0 Å². The number of carbonyl (C=O) groups is 3. The summed E-state index contributed by atoms with van der Waals surface area (Å²) in [6.07, 6.45) is -0.0839.